The van der Waals surface area contributed by atoms with Crippen LogP contribution in [0.4, 0.5) is 0 Å². The van der Waals surface area contributed by atoms with Crippen LogP contribution in [-0.4, -0.2) is 5.33 Å². The van der Waals surface area contributed by atoms with Gasteiger partial charge < -0.3 is 0 Å². The van der Waals surface area contributed by atoms with E-state index in [1.54, 1.807) is 0 Å². The monoisotopic (exact) mass is 272 g/mol. The molecule has 0 unspecified atom stereocenters. The minimum absolute atomic E-state index is 0.891. The van der Waals surface area contributed by atoms with Crippen molar-refractivity contribution in [2.75, 3.05) is 5.33 Å². The van der Waals surface area contributed by atoms with Gasteiger partial charge in [-0.2, -0.15) is 0 Å². The molecule has 0 spiro atoms. The first kappa shape index (κ1) is 11.2. The molecule has 0 fully saturated rings. The zero-order chi connectivity index (χ0) is 11.2. The molecule has 0 saturated heterocycles. The Hall–Kier alpha value is -1.34. The molecule has 0 heterocycles. The van der Waals surface area contributed by atoms with Gasteiger partial charge in [-0.1, -0.05) is 76.6 Å². The second-order valence-corrected chi connectivity index (χ2v) is 4.20. The molecular weight excluding hydrogens is 260 g/mol. The minimum atomic E-state index is 0.891. The topological polar surface area (TPSA) is 0 Å². The van der Waals surface area contributed by atoms with E-state index in [1.165, 1.54) is 16.7 Å². The van der Waals surface area contributed by atoms with Gasteiger partial charge in [0.1, 0.15) is 0 Å². The average Bonchev–Trinajstić information content (AvgIpc) is 2.38. The summed E-state index contributed by atoms with van der Waals surface area (Å²) in [5, 5.41) is 0.891. The molecule has 0 saturated carbocycles. The van der Waals surface area contributed by atoms with Crippen LogP contribution in [-0.2, 0) is 0 Å². The summed E-state index contributed by atoms with van der Waals surface area (Å²) in [6.07, 6.45) is 4.23. The van der Waals surface area contributed by atoms with E-state index >= 15 is 0 Å². The molecule has 0 N–H and O–H groups in total. The number of halogens is 1. The number of alkyl halides is 1. The first-order valence-corrected chi connectivity index (χ1v) is 6.40. The molecular formula is C15H13Br. The van der Waals surface area contributed by atoms with Crippen LogP contribution in [0.15, 0.2) is 60.7 Å². The third-order valence-corrected chi connectivity index (χ3v) is 2.77. The molecule has 0 aromatic heterocycles. The molecule has 0 aliphatic rings. The fraction of sp³-hybridized carbons (Fsp3) is 0.0667. The highest BCUT2D eigenvalue weighted by Gasteiger charge is 1.96. The van der Waals surface area contributed by atoms with E-state index in [-0.39, 0.29) is 0 Å². The average molecular weight is 273 g/mol. The Morgan fingerprint density at radius 1 is 0.875 bits per heavy atom. The third-order valence-electron chi connectivity index (χ3n) is 2.39. The maximum Gasteiger partial charge on any atom is 0.0215 e. The summed E-state index contributed by atoms with van der Waals surface area (Å²) >= 11 is 3.38. The van der Waals surface area contributed by atoms with E-state index < -0.39 is 0 Å². The molecule has 2 aromatic rings. The van der Waals surface area contributed by atoms with Crippen LogP contribution in [0.2, 0.25) is 0 Å². The van der Waals surface area contributed by atoms with Crippen LogP contribution in [0.5, 0.6) is 0 Å². The fourth-order valence-electron chi connectivity index (χ4n) is 1.63. The lowest BCUT2D eigenvalue weighted by Crippen LogP contribution is -1.78. The molecule has 0 aliphatic carbocycles. The van der Waals surface area contributed by atoms with Crippen molar-refractivity contribution in [3.8, 4) is 11.1 Å². The summed E-state index contributed by atoms with van der Waals surface area (Å²) in [6.45, 7) is 0. The van der Waals surface area contributed by atoms with Crippen LogP contribution in [0.3, 0.4) is 0 Å². The third kappa shape index (κ3) is 2.83. The van der Waals surface area contributed by atoms with E-state index in [1.807, 2.05) is 6.07 Å². The maximum atomic E-state index is 3.38. The quantitative estimate of drug-likeness (QED) is 0.707. The molecule has 0 nitrogen and oxygen atoms in total. The van der Waals surface area contributed by atoms with Crippen molar-refractivity contribution in [2.24, 2.45) is 0 Å². The highest BCUT2D eigenvalue weighted by atomic mass is 79.9. The van der Waals surface area contributed by atoms with Gasteiger partial charge in [-0.3, -0.25) is 0 Å². The van der Waals surface area contributed by atoms with E-state index in [0.29, 0.717) is 0 Å². The van der Waals surface area contributed by atoms with E-state index in [0.717, 1.165) is 5.33 Å². The van der Waals surface area contributed by atoms with Crippen molar-refractivity contribution in [2.45, 2.75) is 0 Å². The van der Waals surface area contributed by atoms with Crippen molar-refractivity contribution in [1.29, 1.82) is 0 Å². The SMILES string of the molecule is BrC/C=C/c1cccc(-c2ccccc2)c1. The number of allylic oxidation sites excluding steroid dienone is 1. The Balaban J connectivity index is 2.33. The number of hydrogen-bond donors (Lipinski definition) is 0. The lowest BCUT2D eigenvalue weighted by Gasteiger charge is -2.02. The van der Waals surface area contributed by atoms with Gasteiger partial charge in [0.15, 0.2) is 0 Å². The van der Waals surface area contributed by atoms with E-state index in [2.05, 4.69) is 76.6 Å². The van der Waals surface area contributed by atoms with E-state index in [9.17, 15) is 0 Å². The van der Waals surface area contributed by atoms with Gasteiger partial charge >= 0.3 is 0 Å². The smallest absolute Gasteiger partial charge is 0.0215 e. The van der Waals surface area contributed by atoms with Gasteiger partial charge in [0.05, 0.1) is 0 Å². The Kier molecular flexibility index (Phi) is 3.95. The van der Waals surface area contributed by atoms with Crippen LogP contribution in [0.25, 0.3) is 17.2 Å². The Morgan fingerprint density at radius 2 is 1.62 bits per heavy atom. The Labute approximate surface area is 105 Å². The van der Waals surface area contributed by atoms with Gasteiger partial charge in [-0.15, -0.1) is 0 Å². The Morgan fingerprint density at radius 3 is 2.38 bits per heavy atom. The molecule has 80 valence electrons. The van der Waals surface area contributed by atoms with Gasteiger partial charge in [0, 0.05) is 5.33 Å². The fourth-order valence-corrected chi connectivity index (χ4v) is 1.82. The van der Waals surface area contributed by atoms with Gasteiger partial charge in [0.2, 0.25) is 0 Å². The lowest BCUT2D eigenvalue weighted by atomic mass is 10.0. The normalized spacial score (nSPS) is 10.8. The van der Waals surface area contributed by atoms with Gasteiger partial charge in [-0.25, -0.2) is 0 Å². The predicted octanol–water partition coefficient (Wildman–Crippen LogP) is 4.76. The van der Waals surface area contributed by atoms with Crippen LogP contribution >= 0.6 is 15.9 Å². The van der Waals surface area contributed by atoms with Crippen molar-refractivity contribution in [3.05, 3.63) is 66.2 Å². The van der Waals surface area contributed by atoms with Crippen molar-refractivity contribution >= 4 is 22.0 Å². The summed E-state index contributed by atoms with van der Waals surface area (Å²) in [7, 11) is 0. The molecule has 0 bridgehead atoms. The number of hydrogen-bond acceptors (Lipinski definition) is 0. The Bertz CT molecular complexity index is 472. The van der Waals surface area contributed by atoms with Crippen LogP contribution in [0, 0.1) is 0 Å². The molecule has 1 heteroatoms. The summed E-state index contributed by atoms with van der Waals surface area (Å²) < 4.78 is 0. The lowest BCUT2D eigenvalue weighted by molar-refractivity contribution is 1.59. The highest BCUT2D eigenvalue weighted by Crippen LogP contribution is 2.20. The van der Waals surface area contributed by atoms with Crippen molar-refractivity contribution in [1.82, 2.24) is 0 Å². The van der Waals surface area contributed by atoms with Crippen LogP contribution in [0.1, 0.15) is 5.56 Å². The zero-order valence-electron chi connectivity index (χ0n) is 8.94. The molecule has 2 rings (SSSR count). The van der Waals surface area contributed by atoms with Gasteiger partial charge in [0.25, 0.3) is 0 Å². The minimum Gasteiger partial charge on any atom is -0.0883 e. The molecule has 0 radical (unpaired) electrons. The van der Waals surface area contributed by atoms with Crippen LogP contribution < -0.4 is 0 Å². The standard InChI is InChI=1S/C15H13Br/c16-11-5-7-13-6-4-10-15(12-13)14-8-2-1-3-9-14/h1-10,12H,11H2/b7-5+. The summed E-state index contributed by atoms with van der Waals surface area (Å²) in [6, 6.07) is 19.0. The molecule has 2 aromatic carbocycles. The summed E-state index contributed by atoms with van der Waals surface area (Å²) in [5.41, 5.74) is 3.76. The molecule has 0 aliphatic heterocycles. The first-order valence-electron chi connectivity index (χ1n) is 5.28. The zero-order valence-corrected chi connectivity index (χ0v) is 10.5. The van der Waals surface area contributed by atoms with Crippen molar-refractivity contribution in [3.63, 3.8) is 0 Å². The number of benzene rings is 2. The summed E-state index contributed by atoms with van der Waals surface area (Å²) in [4.78, 5) is 0. The highest BCUT2D eigenvalue weighted by molar-refractivity contribution is 9.09. The largest absolute Gasteiger partial charge is 0.0883 e. The second kappa shape index (κ2) is 5.66. The molecule has 16 heavy (non-hydrogen) atoms. The molecule has 0 amide bonds. The van der Waals surface area contributed by atoms with Crippen molar-refractivity contribution < 1.29 is 0 Å². The maximum absolute atomic E-state index is 3.38. The predicted molar refractivity (Wildman–Crippen MR) is 74.7 cm³/mol. The first-order chi connectivity index (χ1) is 7.90. The van der Waals surface area contributed by atoms with E-state index in [4.69, 9.17) is 0 Å². The van der Waals surface area contributed by atoms with Gasteiger partial charge in [-0.05, 0) is 22.8 Å². The molecule has 0 atom stereocenters. The second-order valence-electron chi connectivity index (χ2n) is 3.55. The number of rotatable bonds is 3. The summed E-state index contributed by atoms with van der Waals surface area (Å²) in [5.74, 6) is 0.